The van der Waals surface area contributed by atoms with Crippen molar-refractivity contribution in [2.45, 2.75) is 40.7 Å². The van der Waals surface area contributed by atoms with Gasteiger partial charge in [-0.05, 0) is 29.0 Å². The van der Waals surface area contributed by atoms with Crippen molar-refractivity contribution in [1.82, 2.24) is 5.32 Å². The summed E-state index contributed by atoms with van der Waals surface area (Å²) in [6, 6.07) is 7.99. The van der Waals surface area contributed by atoms with Gasteiger partial charge in [0.25, 0.3) is 0 Å². The van der Waals surface area contributed by atoms with Crippen LogP contribution in [0.2, 0.25) is 0 Å². The van der Waals surface area contributed by atoms with Gasteiger partial charge in [0, 0.05) is 17.4 Å². The first-order valence-electron chi connectivity index (χ1n) is 6.30. The predicted molar refractivity (Wildman–Crippen MR) is 79.2 cm³/mol. The van der Waals surface area contributed by atoms with Gasteiger partial charge >= 0.3 is 0 Å². The van der Waals surface area contributed by atoms with Crippen LogP contribution in [-0.4, -0.2) is 5.91 Å². The van der Waals surface area contributed by atoms with Gasteiger partial charge in [-0.25, -0.2) is 0 Å². The molecule has 1 atom stereocenters. The first-order valence-corrected chi connectivity index (χ1v) is 7.09. The van der Waals surface area contributed by atoms with Crippen LogP contribution in [0, 0.1) is 11.3 Å². The molecule has 1 aromatic carbocycles. The Morgan fingerprint density at radius 3 is 2.61 bits per heavy atom. The number of carbonyl (C=O) groups excluding carboxylic acids is 1. The van der Waals surface area contributed by atoms with Gasteiger partial charge in [-0.1, -0.05) is 55.8 Å². The highest BCUT2D eigenvalue weighted by atomic mass is 79.9. The lowest BCUT2D eigenvalue weighted by atomic mass is 9.80. The average Bonchev–Trinajstić information content (AvgIpc) is 2.25. The number of hydrogen-bond donors (Lipinski definition) is 1. The highest BCUT2D eigenvalue weighted by Crippen LogP contribution is 2.27. The normalized spacial score (nSPS) is 13.2. The number of halogens is 1. The lowest BCUT2D eigenvalue weighted by Crippen LogP contribution is -2.28. The minimum Gasteiger partial charge on any atom is -0.352 e. The molecule has 1 rings (SSSR count). The predicted octanol–water partition coefficient (Wildman–Crippen LogP) is 4.14. The van der Waals surface area contributed by atoms with Gasteiger partial charge in [-0.3, -0.25) is 4.79 Å². The fourth-order valence-corrected chi connectivity index (χ4v) is 1.95. The summed E-state index contributed by atoms with van der Waals surface area (Å²) in [7, 11) is 0. The van der Waals surface area contributed by atoms with Gasteiger partial charge in [0.2, 0.25) is 5.91 Å². The summed E-state index contributed by atoms with van der Waals surface area (Å²) >= 11 is 3.42. The number of rotatable bonds is 4. The Balaban J connectivity index is 2.42. The van der Waals surface area contributed by atoms with Crippen LogP contribution in [0.3, 0.4) is 0 Å². The van der Waals surface area contributed by atoms with Crippen LogP contribution in [0.25, 0.3) is 0 Å². The van der Waals surface area contributed by atoms with E-state index in [1.165, 1.54) is 0 Å². The van der Waals surface area contributed by atoms with Crippen molar-refractivity contribution in [2.75, 3.05) is 0 Å². The lowest BCUT2D eigenvalue weighted by molar-refractivity contribution is -0.122. The van der Waals surface area contributed by atoms with Crippen molar-refractivity contribution in [3.05, 3.63) is 34.3 Å². The molecule has 0 spiro atoms. The monoisotopic (exact) mass is 311 g/mol. The van der Waals surface area contributed by atoms with Gasteiger partial charge in [-0.2, -0.15) is 0 Å². The first kappa shape index (κ1) is 15.2. The topological polar surface area (TPSA) is 29.1 Å². The molecule has 1 amide bonds. The Morgan fingerprint density at radius 1 is 1.39 bits per heavy atom. The molecule has 0 aromatic heterocycles. The first-order chi connectivity index (χ1) is 8.29. The molecule has 0 aliphatic carbocycles. The standard InChI is InChI=1S/C15H22BrNO/c1-11(15(2,3)4)8-14(18)17-10-12-6-5-7-13(16)9-12/h5-7,9,11H,8,10H2,1-4H3,(H,17,18). The molecule has 0 fully saturated rings. The van der Waals surface area contributed by atoms with Crippen LogP contribution < -0.4 is 5.32 Å². The van der Waals surface area contributed by atoms with Gasteiger partial charge in [0.1, 0.15) is 0 Å². The van der Waals surface area contributed by atoms with Crippen LogP contribution in [0.5, 0.6) is 0 Å². The second kappa shape index (κ2) is 6.37. The zero-order valence-corrected chi connectivity index (χ0v) is 13.2. The molecule has 3 heteroatoms. The summed E-state index contributed by atoms with van der Waals surface area (Å²) in [4.78, 5) is 11.8. The van der Waals surface area contributed by atoms with E-state index in [4.69, 9.17) is 0 Å². The van der Waals surface area contributed by atoms with E-state index < -0.39 is 0 Å². The van der Waals surface area contributed by atoms with Crippen LogP contribution in [0.1, 0.15) is 39.7 Å². The van der Waals surface area contributed by atoms with Gasteiger partial charge < -0.3 is 5.32 Å². The van der Waals surface area contributed by atoms with E-state index in [2.05, 4.69) is 48.9 Å². The molecule has 0 saturated heterocycles. The van der Waals surface area contributed by atoms with Crippen molar-refractivity contribution in [2.24, 2.45) is 11.3 Å². The highest BCUT2D eigenvalue weighted by Gasteiger charge is 2.22. The highest BCUT2D eigenvalue weighted by molar-refractivity contribution is 9.10. The smallest absolute Gasteiger partial charge is 0.220 e. The maximum Gasteiger partial charge on any atom is 0.220 e. The molecule has 1 unspecified atom stereocenters. The second-order valence-electron chi connectivity index (χ2n) is 5.88. The molecule has 1 aromatic rings. The SMILES string of the molecule is CC(CC(=O)NCc1cccc(Br)c1)C(C)(C)C. The van der Waals surface area contributed by atoms with Gasteiger partial charge in [0.15, 0.2) is 0 Å². The Hall–Kier alpha value is -0.830. The van der Waals surface area contributed by atoms with Crippen molar-refractivity contribution < 1.29 is 4.79 Å². The summed E-state index contributed by atoms with van der Waals surface area (Å²) in [5.74, 6) is 0.498. The molecule has 100 valence electrons. The summed E-state index contributed by atoms with van der Waals surface area (Å²) < 4.78 is 1.04. The summed E-state index contributed by atoms with van der Waals surface area (Å²) in [6.45, 7) is 9.21. The number of benzene rings is 1. The maximum absolute atomic E-state index is 11.8. The number of carbonyl (C=O) groups is 1. The zero-order chi connectivity index (χ0) is 13.8. The molecular formula is C15H22BrNO. The van der Waals surface area contributed by atoms with Crippen molar-refractivity contribution in [3.63, 3.8) is 0 Å². The Morgan fingerprint density at radius 2 is 2.06 bits per heavy atom. The molecule has 18 heavy (non-hydrogen) atoms. The minimum absolute atomic E-state index is 0.123. The van der Waals surface area contributed by atoms with Crippen molar-refractivity contribution in [1.29, 1.82) is 0 Å². The largest absolute Gasteiger partial charge is 0.352 e. The summed E-state index contributed by atoms with van der Waals surface area (Å²) in [5.41, 5.74) is 1.29. The third-order valence-electron chi connectivity index (χ3n) is 3.35. The van der Waals surface area contributed by atoms with E-state index in [-0.39, 0.29) is 11.3 Å². The van der Waals surface area contributed by atoms with E-state index >= 15 is 0 Å². The van der Waals surface area contributed by atoms with E-state index in [0.717, 1.165) is 10.0 Å². The van der Waals surface area contributed by atoms with Gasteiger partial charge in [-0.15, -0.1) is 0 Å². The minimum atomic E-state index is 0.123. The third kappa shape index (κ3) is 5.21. The number of hydrogen-bond acceptors (Lipinski definition) is 1. The fraction of sp³-hybridized carbons (Fsp3) is 0.533. The summed E-state index contributed by atoms with van der Waals surface area (Å²) in [6.07, 6.45) is 0.581. The summed E-state index contributed by atoms with van der Waals surface area (Å²) in [5, 5.41) is 2.97. The van der Waals surface area contributed by atoms with Crippen LogP contribution in [-0.2, 0) is 11.3 Å². The maximum atomic E-state index is 11.8. The number of amides is 1. The average molecular weight is 312 g/mol. The van der Waals surface area contributed by atoms with Crippen LogP contribution in [0.4, 0.5) is 0 Å². The van der Waals surface area contributed by atoms with Crippen molar-refractivity contribution >= 4 is 21.8 Å². The van der Waals surface area contributed by atoms with Crippen LogP contribution in [0.15, 0.2) is 28.7 Å². The molecule has 0 radical (unpaired) electrons. The molecule has 1 N–H and O–H groups in total. The molecule has 0 aliphatic rings. The molecule has 0 aliphatic heterocycles. The Labute approximate surface area is 118 Å². The molecule has 2 nitrogen and oxygen atoms in total. The Bertz CT molecular complexity index is 409. The molecule has 0 saturated carbocycles. The lowest BCUT2D eigenvalue weighted by Gasteiger charge is -2.26. The molecular weight excluding hydrogens is 290 g/mol. The zero-order valence-electron chi connectivity index (χ0n) is 11.6. The number of nitrogens with one attached hydrogen (secondary N) is 1. The quantitative estimate of drug-likeness (QED) is 0.889. The molecule has 0 bridgehead atoms. The van der Waals surface area contributed by atoms with E-state index in [1.807, 2.05) is 24.3 Å². The van der Waals surface area contributed by atoms with Gasteiger partial charge in [0.05, 0.1) is 0 Å². The molecule has 0 heterocycles. The fourth-order valence-electron chi connectivity index (χ4n) is 1.50. The second-order valence-corrected chi connectivity index (χ2v) is 6.79. The van der Waals surface area contributed by atoms with E-state index in [9.17, 15) is 4.79 Å². The Kier molecular flexibility index (Phi) is 5.39. The van der Waals surface area contributed by atoms with E-state index in [0.29, 0.717) is 18.9 Å². The van der Waals surface area contributed by atoms with Crippen molar-refractivity contribution in [3.8, 4) is 0 Å². The third-order valence-corrected chi connectivity index (χ3v) is 3.84. The van der Waals surface area contributed by atoms with E-state index in [1.54, 1.807) is 0 Å². The van der Waals surface area contributed by atoms with Crippen LogP contribution >= 0.6 is 15.9 Å².